The molecule has 3 rings (SSSR count). The lowest BCUT2D eigenvalue weighted by atomic mass is 9.64. The first-order valence-corrected chi connectivity index (χ1v) is 10.2. The second kappa shape index (κ2) is 8.44. The van der Waals surface area contributed by atoms with Gasteiger partial charge in [-0.2, -0.15) is 0 Å². The van der Waals surface area contributed by atoms with E-state index < -0.39 is 65.5 Å². The van der Waals surface area contributed by atoms with Crippen LogP contribution in [0.3, 0.4) is 0 Å². The van der Waals surface area contributed by atoms with Crippen molar-refractivity contribution in [1.82, 2.24) is 15.5 Å². The molecule has 5 amide bonds. The van der Waals surface area contributed by atoms with E-state index in [2.05, 4.69) is 10.6 Å². The third kappa shape index (κ3) is 4.71. The third-order valence-corrected chi connectivity index (χ3v) is 5.68. The van der Waals surface area contributed by atoms with E-state index in [-0.39, 0.29) is 11.3 Å². The Labute approximate surface area is 182 Å². The molecular formula is C21H25F3N4O4. The molecule has 1 aromatic rings. The molecule has 8 nitrogen and oxygen atoms in total. The molecule has 32 heavy (non-hydrogen) atoms. The van der Waals surface area contributed by atoms with Gasteiger partial charge in [0.15, 0.2) is 17.5 Å². The number of carbonyl (C=O) groups is 4. The van der Waals surface area contributed by atoms with Gasteiger partial charge >= 0.3 is 6.03 Å². The van der Waals surface area contributed by atoms with Crippen LogP contribution in [-0.4, -0.2) is 47.3 Å². The number of imide groups is 1. The van der Waals surface area contributed by atoms with Crippen molar-refractivity contribution < 1.29 is 32.3 Å². The molecule has 1 aliphatic carbocycles. The lowest BCUT2D eigenvalue weighted by Crippen LogP contribution is -2.54. The number of carbonyl (C=O) groups excluding carboxylic acids is 4. The molecule has 1 aliphatic heterocycles. The van der Waals surface area contributed by atoms with E-state index in [1.54, 1.807) is 0 Å². The van der Waals surface area contributed by atoms with Gasteiger partial charge in [0.2, 0.25) is 11.8 Å². The second-order valence-corrected chi connectivity index (χ2v) is 9.31. The number of amides is 5. The highest BCUT2D eigenvalue weighted by molar-refractivity contribution is 6.09. The summed E-state index contributed by atoms with van der Waals surface area (Å²) >= 11 is 0. The monoisotopic (exact) mass is 454 g/mol. The molecule has 0 radical (unpaired) electrons. The Morgan fingerprint density at radius 3 is 2.47 bits per heavy atom. The van der Waals surface area contributed by atoms with Crippen LogP contribution in [0.5, 0.6) is 0 Å². The van der Waals surface area contributed by atoms with Gasteiger partial charge in [0.05, 0.1) is 12.2 Å². The minimum absolute atomic E-state index is 0.161. The predicted octanol–water partition coefficient (Wildman–Crippen LogP) is 2.30. The molecule has 174 valence electrons. The average Bonchev–Trinajstić information content (AvgIpc) is 2.88. The summed E-state index contributed by atoms with van der Waals surface area (Å²) < 4.78 is 39.8. The quantitative estimate of drug-likeness (QED) is 0.469. The number of hydrogen-bond acceptors (Lipinski definition) is 4. The molecule has 0 aromatic heterocycles. The van der Waals surface area contributed by atoms with Gasteiger partial charge < -0.3 is 16.0 Å². The van der Waals surface area contributed by atoms with Gasteiger partial charge in [-0.15, -0.1) is 0 Å². The van der Waals surface area contributed by atoms with Gasteiger partial charge in [0.25, 0.3) is 5.91 Å². The number of benzene rings is 1. The largest absolute Gasteiger partial charge is 0.345 e. The number of rotatable bonds is 5. The van der Waals surface area contributed by atoms with E-state index in [9.17, 15) is 32.3 Å². The van der Waals surface area contributed by atoms with Crippen molar-refractivity contribution in [2.75, 3.05) is 18.4 Å². The number of urea groups is 1. The summed E-state index contributed by atoms with van der Waals surface area (Å²) in [4.78, 5) is 50.4. The van der Waals surface area contributed by atoms with E-state index in [1.165, 1.54) is 0 Å². The van der Waals surface area contributed by atoms with Gasteiger partial charge in [0, 0.05) is 0 Å². The number of hydrogen-bond donors (Lipinski definition) is 3. The van der Waals surface area contributed by atoms with Crippen LogP contribution in [0, 0.1) is 28.8 Å². The highest BCUT2D eigenvalue weighted by Crippen LogP contribution is 2.46. The maximum absolute atomic E-state index is 13.6. The van der Waals surface area contributed by atoms with Crippen molar-refractivity contribution in [2.45, 2.75) is 45.6 Å². The minimum Gasteiger partial charge on any atom is -0.345 e. The van der Waals surface area contributed by atoms with Gasteiger partial charge in [0.1, 0.15) is 12.1 Å². The first-order valence-electron chi connectivity index (χ1n) is 10.2. The fourth-order valence-corrected chi connectivity index (χ4v) is 4.84. The number of anilines is 1. The summed E-state index contributed by atoms with van der Waals surface area (Å²) in [5.74, 6) is -6.67. The second-order valence-electron chi connectivity index (χ2n) is 9.31. The smallest absolute Gasteiger partial charge is 0.325 e. The normalized spacial score (nSPS) is 24.4. The molecule has 0 bridgehead atoms. The summed E-state index contributed by atoms with van der Waals surface area (Å²) in [6.45, 7) is 4.83. The van der Waals surface area contributed by atoms with E-state index in [0.717, 1.165) is 17.4 Å². The van der Waals surface area contributed by atoms with Gasteiger partial charge in [-0.25, -0.2) is 18.0 Å². The molecule has 11 heteroatoms. The zero-order chi connectivity index (χ0) is 23.8. The van der Waals surface area contributed by atoms with E-state index >= 15 is 0 Å². The van der Waals surface area contributed by atoms with Crippen molar-refractivity contribution in [1.29, 1.82) is 0 Å². The average molecular weight is 454 g/mol. The lowest BCUT2D eigenvalue weighted by molar-refractivity contribution is -0.137. The van der Waals surface area contributed by atoms with Crippen LogP contribution < -0.4 is 16.0 Å². The zero-order valence-corrected chi connectivity index (χ0v) is 18.0. The van der Waals surface area contributed by atoms with E-state index in [0.29, 0.717) is 18.9 Å². The summed E-state index contributed by atoms with van der Waals surface area (Å²) in [5.41, 5.74) is -1.81. The van der Waals surface area contributed by atoms with Crippen LogP contribution in [0.1, 0.15) is 40.0 Å². The number of nitrogens with zero attached hydrogens (tertiary/aromatic N) is 1. The molecule has 2 atom stereocenters. The van der Waals surface area contributed by atoms with Crippen molar-refractivity contribution in [2.24, 2.45) is 11.3 Å². The Morgan fingerprint density at radius 1 is 1.12 bits per heavy atom. The first kappa shape index (κ1) is 23.6. The van der Waals surface area contributed by atoms with Crippen LogP contribution in [0.25, 0.3) is 0 Å². The summed E-state index contributed by atoms with van der Waals surface area (Å²) in [7, 11) is 0. The Balaban J connectivity index is 1.57. The molecule has 3 N–H and O–H groups in total. The highest BCUT2D eigenvalue weighted by atomic mass is 19.2. The van der Waals surface area contributed by atoms with E-state index in [4.69, 9.17) is 0 Å². The summed E-state index contributed by atoms with van der Waals surface area (Å²) in [6, 6.07) is 0.809. The molecule has 1 saturated carbocycles. The minimum atomic E-state index is -1.74. The van der Waals surface area contributed by atoms with Gasteiger partial charge in [-0.05, 0) is 42.7 Å². The van der Waals surface area contributed by atoms with Crippen molar-refractivity contribution in [3.63, 3.8) is 0 Å². The van der Waals surface area contributed by atoms with Crippen LogP contribution in [0.2, 0.25) is 0 Å². The summed E-state index contributed by atoms with van der Waals surface area (Å²) in [6.07, 6.45) is 1.84. The fourth-order valence-electron chi connectivity index (χ4n) is 4.84. The Bertz CT molecular complexity index is 984. The Morgan fingerprint density at radius 2 is 1.81 bits per heavy atom. The highest BCUT2D eigenvalue weighted by Gasteiger charge is 2.56. The molecular weight excluding hydrogens is 429 g/mol. The van der Waals surface area contributed by atoms with Crippen molar-refractivity contribution in [3.05, 3.63) is 29.6 Å². The number of nitrogens with one attached hydrogen (secondary N) is 3. The molecule has 2 aliphatic rings. The Kier molecular flexibility index (Phi) is 6.21. The van der Waals surface area contributed by atoms with Crippen molar-refractivity contribution >= 4 is 29.4 Å². The molecule has 1 heterocycles. The van der Waals surface area contributed by atoms with Crippen LogP contribution in [0.15, 0.2) is 12.1 Å². The first-order chi connectivity index (χ1) is 14.8. The molecule has 0 unspecified atom stereocenters. The predicted molar refractivity (Wildman–Crippen MR) is 108 cm³/mol. The van der Waals surface area contributed by atoms with Crippen LogP contribution in [0.4, 0.5) is 23.7 Å². The molecule has 1 spiro atoms. The topological polar surface area (TPSA) is 108 Å². The molecule has 2 fully saturated rings. The fraction of sp³-hybridized carbons (Fsp3) is 0.524. The van der Waals surface area contributed by atoms with E-state index in [1.807, 2.05) is 26.1 Å². The standard InChI is InChI=1S/C21H25F3N4O4/c1-11-6-20(2,3)10-21(7-11)18(31)28(19(32)27-21)9-15(30)25-8-14(29)26-13-5-4-12(22)16(23)17(13)24/h4-5,11H,6-10H2,1-3H3,(H,25,30)(H,26,29)(H,27,32)/t11-,21-/m0/s1. The maximum atomic E-state index is 13.6. The molecule has 1 saturated heterocycles. The van der Waals surface area contributed by atoms with Crippen molar-refractivity contribution in [3.8, 4) is 0 Å². The van der Waals surface area contributed by atoms with Gasteiger partial charge in [-0.1, -0.05) is 20.8 Å². The van der Waals surface area contributed by atoms with Gasteiger partial charge in [-0.3, -0.25) is 19.3 Å². The zero-order valence-electron chi connectivity index (χ0n) is 18.0. The molecule has 1 aromatic carbocycles. The Hall–Kier alpha value is -3.11. The number of halogens is 3. The van der Waals surface area contributed by atoms with Crippen LogP contribution in [-0.2, 0) is 14.4 Å². The maximum Gasteiger partial charge on any atom is 0.325 e. The SMILES string of the molecule is C[C@H]1CC(C)(C)C[C@]2(C1)NC(=O)N(CC(=O)NCC(=O)Nc1ccc(F)c(F)c1F)C2=O. The lowest BCUT2D eigenvalue weighted by Gasteiger charge is -2.43. The van der Waals surface area contributed by atoms with Crippen LogP contribution >= 0.6 is 0 Å². The summed E-state index contributed by atoms with van der Waals surface area (Å²) in [5, 5.41) is 6.97. The third-order valence-electron chi connectivity index (χ3n) is 5.68.